The summed E-state index contributed by atoms with van der Waals surface area (Å²) in [6.07, 6.45) is 1.70. The first-order valence-corrected chi connectivity index (χ1v) is 7.76. The summed E-state index contributed by atoms with van der Waals surface area (Å²) in [5.74, 6) is -0.372. The lowest BCUT2D eigenvalue weighted by Crippen LogP contribution is -2.25. The average Bonchev–Trinajstić information content (AvgIpc) is 2.65. The normalized spacial score (nSPS) is 10.9. The molecule has 0 aliphatic heterocycles. The van der Waals surface area contributed by atoms with Crippen LogP contribution in [-0.4, -0.2) is 20.7 Å². The minimum atomic E-state index is -0.372. The van der Waals surface area contributed by atoms with Crippen molar-refractivity contribution in [1.82, 2.24) is 14.8 Å². The quantitative estimate of drug-likeness (QED) is 0.613. The molecular formula is C19H14N4O2. The topological polar surface area (TPSA) is 76.9 Å². The van der Waals surface area contributed by atoms with Crippen molar-refractivity contribution >= 4 is 33.3 Å². The molecule has 2 aromatic heterocycles. The molecule has 6 nitrogen and oxygen atoms in total. The van der Waals surface area contributed by atoms with E-state index in [1.807, 2.05) is 30.3 Å². The van der Waals surface area contributed by atoms with Gasteiger partial charge in [-0.1, -0.05) is 24.3 Å². The van der Waals surface area contributed by atoms with Crippen LogP contribution in [-0.2, 0) is 7.05 Å². The van der Waals surface area contributed by atoms with E-state index in [-0.39, 0.29) is 17.2 Å². The number of nitrogens with zero attached hydrogens (tertiary/aromatic N) is 3. The highest BCUT2D eigenvalue weighted by Gasteiger charge is 2.16. The van der Waals surface area contributed by atoms with Crippen LogP contribution in [0.5, 0.6) is 0 Å². The Morgan fingerprint density at radius 1 is 0.960 bits per heavy atom. The highest BCUT2D eigenvalue weighted by Crippen LogP contribution is 2.22. The molecule has 4 rings (SSSR count). The van der Waals surface area contributed by atoms with Crippen molar-refractivity contribution in [2.24, 2.45) is 7.05 Å². The van der Waals surface area contributed by atoms with Gasteiger partial charge in [0.2, 0.25) is 0 Å². The number of aryl methyl sites for hydroxylation is 1. The molecular weight excluding hydrogens is 316 g/mol. The molecule has 4 aromatic rings. The Morgan fingerprint density at radius 3 is 2.56 bits per heavy atom. The van der Waals surface area contributed by atoms with Crippen molar-refractivity contribution in [1.29, 1.82) is 0 Å². The number of aromatic nitrogens is 3. The van der Waals surface area contributed by atoms with Crippen molar-refractivity contribution in [3.63, 3.8) is 0 Å². The van der Waals surface area contributed by atoms with Crippen molar-refractivity contribution in [2.75, 3.05) is 5.32 Å². The number of fused-ring (bicyclic) bond motifs is 2. The number of hydrogen-bond acceptors (Lipinski definition) is 4. The van der Waals surface area contributed by atoms with Crippen LogP contribution in [0.25, 0.3) is 21.7 Å². The lowest BCUT2D eigenvalue weighted by molar-refractivity contribution is 0.102. The van der Waals surface area contributed by atoms with E-state index in [4.69, 9.17) is 0 Å². The second-order valence-corrected chi connectivity index (χ2v) is 5.65. The van der Waals surface area contributed by atoms with Crippen molar-refractivity contribution in [3.05, 3.63) is 76.8 Å². The first-order chi connectivity index (χ1) is 12.1. The molecule has 6 heteroatoms. The molecule has 25 heavy (non-hydrogen) atoms. The van der Waals surface area contributed by atoms with E-state index in [9.17, 15) is 9.59 Å². The molecule has 0 fully saturated rings. The number of carbonyl (C=O) groups is 1. The molecule has 0 radical (unpaired) electrons. The van der Waals surface area contributed by atoms with Crippen LogP contribution in [0.4, 0.5) is 5.69 Å². The highest BCUT2D eigenvalue weighted by atomic mass is 16.2. The minimum absolute atomic E-state index is 0.207. The van der Waals surface area contributed by atoms with E-state index in [1.165, 1.54) is 11.7 Å². The van der Waals surface area contributed by atoms with Gasteiger partial charge in [0.15, 0.2) is 5.69 Å². The molecule has 2 heterocycles. The standard InChI is InChI=1S/C19H14N4O2/c1-23-19(25)13-7-3-2-6-12(13)17(22-23)18(24)21-16-10-4-9-15-14(16)8-5-11-20-15/h2-11H,1H3,(H,21,24). The van der Waals surface area contributed by atoms with E-state index in [1.54, 1.807) is 30.5 Å². The highest BCUT2D eigenvalue weighted by molar-refractivity contribution is 6.13. The smallest absolute Gasteiger partial charge is 0.276 e. The summed E-state index contributed by atoms with van der Waals surface area (Å²) in [5, 5.41) is 8.87. The summed E-state index contributed by atoms with van der Waals surface area (Å²) < 4.78 is 1.18. The van der Waals surface area contributed by atoms with Gasteiger partial charge in [0.05, 0.1) is 16.6 Å². The molecule has 0 atom stereocenters. The maximum absolute atomic E-state index is 12.8. The average molecular weight is 330 g/mol. The summed E-state index contributed by atoms with van der Waals surface area (Å²) in [7, 11) is 1.54. The monoisotopic (exact) mass is 330 g/mol. The molecule has 0 spiro atoms. The molecule has 1 N–H and O–H groups in total. The maximum Gasteiger partial charge on any atom is 0.276 e. The second kappa shape index (κ2) is 5.83. The van der Waals surface area contributed by atoms with Crippen molar-refractivity contribution in [3.8, 4) is 0 Å². The number of nitrogens with one attached hydrogen (secondary N) is 1. The van der Waals surface area contributed by atoms with Crippen molar-refractivity contribution in [2.45, 2.75) is 0 Å². The largest absolute Gasteiger partial charge is 0.320 e. The van der Waals surface area contributed by atoms with Gasteiger partial charge in [-0.2, -0.15) is 5.10 Å². The molecule has 0 saturated heterocycles. The SMILES string of the molecule is Cn1nc(C(=O)Nc2cccc3ncccc23)c2ccccc2c1=O. The Morgan fingerprint density at radius 2 is 1.72 bits per heavy atom. The van der Waals surface area contributed by atoms with E-state index in [2.05, 4.69) is 15.4 Å². The zero-order chi connectivity index (χ0) is 17.4. The second-order valence-electron chi connectivity index (χ2n) is 5.65. The number of rotatable bonds is 2. The Labute approximate surface area is 142 Å². The third kappa shape index (κ3) is 2.53. The molecule has 0 aliphatic carbocycles. The first kappa shape index (κ1) is 15.0. The first-order valence-electron chi connectivity index (χ1n) is 7.76. The van der Waals surface area contributed by atoms with Gasteiger partial charge in [0.1, 0.15) is 0 Å². The molecule has 0 bridgehead atoms. The summed E-state index contributed by atoms with van der Waals surface area (Å²) in [6.45, 7) is 0. The molecule has 0 saturated carbocycles. The fourth-order valence-electron chi connectivity index (χ4n) is 2.86. The van der Waals surface area contributed by atoms with Crippen LogP contribution in [0.2, 0.25) is 0 Å². The van der Waals surface area contributed by atoms with Crippen molar-refractivity contribution < 1.29 is 4.79 Å². The van der Waals surface area contributed by atoms with E-state index in [0.29, 0.717) is 16.5 Å². The van der Waals surface area contributed by atoms with Crippen LogP contribution in [0.1, 0.15) is 10.5 Å². The lowest BCUT2D eigenvalue weighted by atomic mass is 10.1. The van der Waals surface area contributed by atoms with E-state index in [0.717, 1.165) is 10.9 Å². The lowest BCUT2D eigenvalue weighted by Gasteiger charge is -2.10. The van der Waals surface area contributed by atoms with Crippen LogP contribution in [0.3, 0.4) is 0 Å². The maximum atomic E-state index is 12.8. The van der Waals surface area contributed by atoms with E-state index < -0.39 is 0 Å². The molecule has 2 aromatic carbocycles. The van der Waals surface area contributed by atoms with Gasteiger partial charge >= 0.3 is 0 Å². The van der Waals surface area contributed by atoms with E-state index >= 15 is 0 Å². The summed E-state index contributed by atoms with van der Waals surface area (Å²) >= 11 is 0. The number of anilines is 1. The van der Waals surface area contributed by atoms with Gasteiger partial charge in [0.25, 0.3) is 11.5 Å². The predicted molar refractivity (Wildman–Crippen MR) is 96.7 cm³/mol. The van der Waals surface area contributed by atoms with Crippen LogP contribution >= 0.6 is 0 Å². The molecule has 0 aliphatic rings. The summed E-state index contributed by atoms with van der Waals surface area (Å²) in [6, 6.07) is 16.2. The molecule has 122 valence electrons. The number of pyridine rings is 1. The van der Waals surface area contributed by atoms with Crippen LogP contribution < -0.4 is 10.9 Å². The Bertz CT molecular complexity index is 1180. The van der Waals surface area contributed by atoms with Crippen LogP contribution in [0, 0.1) is 0 Å². The minimum Gasteiger partial charge on any atom is -0.320 e. The number of benzene rings is 2. The zero-order valence-electron chi connectivity index (χ0n) is 13.4. The summed E-state index contributed by atoms with van der Waals surface area (Å²) in [4.78, 5) is 29.3. The fourth-order valence-corrected chi connectivity index (χ4v) is 2.86. The van der Waals surface area contributed by atoms with Gasteiger partial charge in [-0.15, -0.1) is 0 Å². The Kier molecular flexibility index (Phi) is 3.50. The molecule has 1 amide bonds. The van der Waals surface area contributed by atoms with Gasteiger partial charge in [-0.25, -0.2) is 4.68 Å². The van der Waals surface area contributed by atoms with Gasteiger partial charge in [-0.05, 0) is 30.3 Å². The zero-order valence-corrected chi connectivity index (χ0v) is 13.4. The fraction of sp³-hybridized carbons (Fsp3) is 0.0526. The number of hydrogen-bond donors (Lipinski definition) is 1. The van der Waals surface area contributed by atoms with Gasteiger partial charge in [-0.3, -0.25) is 14.6 Å². The Hall–Kier alpha value is -3.54. The summed E-state index contributed by atoms with van der Waals surface area (Å²) in [5.41, 5.74) is 1.41. The van der Waals surface area contributed by atoms with Crippen LogP contribution in [0.15, 0.2) is 65.6 Å². The third-order valence-electron chi connectivity index (χ3n) is 4.07. The Balaban J connectivity index is 1.83. The van der Waals surface area contributed by atoms with Gasteiger partial charge in [0, 0.05) is 24.0 Å². The number of carbonyl (C=O) groups excluding carboxylic acids is 1. The number of amides is 1. The third-order valence-corrected chi connectivity index (χ3v) is 4.07. The van der Waals surface area contributed by atoms with Gasteiger partial charge < -0.3 is 5.32 Å². The predicted octanol–water partition coefficient (Wildman–Crippen LogP) is 2.73. The molecule has 0 unspecified atom stereocenters.